The second kappa shape index (κ2) is 7.49. The Morgan fingerprint density at radius 2 is 1.96 bits per heavy atom. The molecule has 8 heteroatoms. The van der Waals surface area contributed by atoms with Crippen LogP contribution in [-0.4, -0.2) is 36.2 Å². The van der Waals surface area contributed by atoms with E-state index in [1.54, 1.807) is 36.0 Å². The van der Waals surface area contributed by atoms with Crippen molar-refractivity contribution in [3.63, 3.8) is 0 Å². The maximum Gasteiger partial charge on any atom is 0.276 e. The highest BCUT2D eigenvalue weighted by Crippen LogP contribution is 2.34. The number of hydrogen-bond donors (Lipinski definition) is 1. The fraction of sp³-hybridized carbons (Fsp3) is 0.312. The first-order chi connectivity index (χ1) is 11.5. The van der Waals surface area contributed by atoms with Gasteiger partial charge in [-0.1, -0.05) is 0 Å². The van der Waals surface area contributed by atoms with Crippen LogP contribution in [0.5, 0.6) is 11.5 Å². The van der Waals surface area contributed by atoms with Crippen molar-refractivity contribution in [3.05, 3.63) is 51.8 Å². The summed E-state index contributed by atoms with van der Waals surface area (Å²) in [5.74, 6) is 0.471. The number of carbonyl (C=O) groups excluding carboxylic acids is 1. The Kier molecular flexibility index (Phi) is 5.41. The smallest absolute Gasteiger partial charge is 0.276 e. The molecule has 0 aliphatic carbocycles. The predicted octanol–water partition coefficient (Wildman–Crippen LogP) is 1.92. The van der Waals surface area contributed by atoms with Crippen molar-refractivity contribution < 1.29 is 19.2 Å². The normalized spacial score (nSPS) is 10.3. The molecule has 1 aromatic heterocycles. The number of aryl methyl sites for hydroxylation is 1. The standard InChI is InChI=1S/C16H19N3O5/c1-18-8-4-5-12(18)16(20)17-7-6-11-9-14(23-2)15(24-3)10-13(11)19(21)22/h4-5,8-10H,6-7H2,1-3H3,(H,17,20). The molecule has 1 amide bonds. The lowest BCUT2D eigenvalue weighted by atomic mass is 10.1. The van der Waals surface area contributed by atoms with Gasteiger partial charge in [-0.25, -0.2) is 0 Å². The second-order valence-electron chi connectivity index (χ2n) is 5.10. The van der Waals surface area contributed by atoms with Gasteiger partial charge in [0.15, 0.2) is 11.5 Å². The van der Waals surface area contributed by atoms with Gasteiger partial charge in [0, 0.05) is 25.4 Å². The number of nitrogens with zero attached hydrogens (tertiary/aromatic N) is 2. The zero-order valence-electron chi connectivity index (χ0n) is 13.7. The molecule has 0 fully saturated rings. The minimum absolute atomic E-state index is 0.0687. The molecular formula is C16H19N3O5. The minimum Gasteiger partial charge on any atom is -0.493 e. The van der Waals surface area contributed by atoms with Crippen LogP contribution in [0.4, 0.5) is 5.69 Å². The molecule has 8 nitrogen and oxygen atoms in total. The molecule has 0 saturated heterocycles. The highest BCUT2D eigenvalue weighted by Gasteiger charge is 2.19. The van der Waals surface area contributed by atoms with E-state index in [0.29, 0.717) is 29.2 Å². The molecule has 0 unspecified atom stereocenters. The van der Waals surface area contributed by atoms with E-state index in [1.165, 1.54) is 20.3 Å². The molecule has 2 rings (SSSR count). The summed E-state index contributed by atoms with van der Waals surface area (Å²) in [6, 6.07) is 6.36. The van der Waals surface area contributed by atoms with Crippen molar-refractivity contribution in [2.75, 3.05) is 20.8 Å². The first kappa shape index (κ1) is 17.3. The van der Waals surface area contributed by atoms with E-state index < -0.39 is 4.92 Å². The minimum atomic E-state index is -0.476. The van der Waals surface area contributed by atoms with E-state index in [2.05, 4.69) is 5.32 Å². The van der Waals surface area contributed by atoms with Crippen molar-refractivity contribution in [1.82, 2.24) is 9.88 Å². The van der Waals surface area contributed by atoms with Crippen molar-refractivity contribution in [2.24, 2.45) is 7.05 Å². The maximum atomic E-state index is 12.0. The number of nitro groups is 1. The van der Waals surface area contributed by atoms with Gasteiger partial charge in [0.25, 0.3) is 11.6 Å². The average Bonchev–Trinajstić information content (AvgIpc) is 3.00. The van der Waals surface area contributed by atoms with Crippen LogP contribution < -0.4 is 14.8 Å². The Labute approximate surface area is 139 Å². The lowest BCUT2D eigenvalue weighted by Crippen LogP contribution is -2.27. The first-order valence-corrected chi connectivity index (χ1v) is 7.26. The molecule has 24 heavy (non-hydrogen) atoms. The van der Waals surface area contributed by atoms with Gasteiger partial charge in [0.2, 0.25) is 0 Å². The largest absolute Gasteiger partial charge is 0.493 e. The SMILES string of the molecule is COc1cc(CCNC(=O)c2cccn2C)c([N+](=O)[O-])cc1OC. The van der Waals surface area contributed by atoms with Crippen LogP contribution in [0.1, 0.15) is 16.1 Å². The van der Waals surface area contributed by atoms with Crippen molar-refractivity contribution in [1.29, 1.82) is 0 Å². The van der Waals surface area contributed by atoms with Crippen LogP contribution in [0, 0.1) is 10.1 Å². The number of ether oxygens (including phenoxy) is 2. The summed E-state index contributed by atoms with van der Waals surface area (Å²) in [6.07, 6.45) is 2.07. The summed E-state index contributed by atoms with van der Waals surface area (Å²) < 4.78 is 12.0. The van der Waals surface area contributed by atoms with Crippen LogP contribution >= 0.6 is 0 Å². The second-order valence-corrected chi connectivity index (χ2v) is 5.10. The van der Waals surface area contributed by atoms with Crippen molar-refractivity contribution in [3.8, 4) is 11.5 Å². The van der Waals surface area contributed by atoms with Crippen LogP contribution in [-0.2, 0) is 13.5 Å². The third kappa shape index (κ3) is 3.65. The van der Waals surface area contributed by atoms with Gasteiger partial charge in [0.05, 0.1) is 25.2 Å². The lowest BCUT2D eigenvalue weighted by molar-refractivity contribution is -0.385. The van der Waals surface area contributed by atoms with E-state index in [-0.39, 0.29) is 18.1 Å². The Balaban J connectivity index is 2.12. The zero-order chi connectivity index (χ0) is 17.7. The molecule has 1 N–H and O–H groups in total. The summed E-state index contributed by atoms with van der Waals surface area (Å²) >= 11 is 0. The van der Waals surface area contributed by atoms with Gasteiger partial charge in [-0.05, 0) is 24.6 Å². The van der Waals surface area contributed by atoms with Crippen LogP contribution in [0.15, 0.2) is 30.5 Å². The Morgan fingerprint density at radius 1 is 1.29 bits per heavy atom. The molecule has 0 atom stereocenters. The third-order valence-corrected chi connectivity index (χ3v) is 3.64. The lowest BCUT2D eigenvalue weighted by Gasteiger charge is -2.11. The number of benzene rings is 1. The highest BCUT2D eigenvalue weighted by molar-refractivity contribution is 5.92. The number of carbonyl (C=O) groups is 1. The van der Waals surface area contributed by atoms with E-state index >= 15 is 0 Å². The molecule has 1 aromatic carbocycles. The quantitative estimate of drug-likeness (QED) is 0.617. The number of methoxy groups -OCH3 is 2. The van der Waals surface area contributed by atoms with Gasteiger partial charge in [-0.2, -0.15) is 0 Å². The van der Waals surface area contributed by atoms with Crippen LogP contribution in [0.2, 0.25) is 0 Å². The van der Waals surface area contributed by atoms with Gasteiger partial charge < -0.3 is 19.4 Å². The monoisotopic (exact) mass is 333 g/mol. The number of nitrogens with one attached hydrogen (secondary N) is 1. The van der Waals surface area contributed by atoms with Crippen LogP contribution in [0.3, 0.4) is 0 Å². The fourth-order valence-corrected chi connectivity index (χ4v) is 2.38. The number of rotatable bonds is 7. The summed E-state index contributed by atoms with van der Waals surface area (Å²) in [4.78, 5) is 22.8. The topological polar surface area (TPSA) is 95.6 Å². The number of hydrogen-bond acceptors (Lipinski definition) is 5. The van der Waals surface area contributed by atoms with E-state index in [1.807, 2.05) is 0 Å². The Hall–Kier alpha value is -3.03. The molecule has 0 aliphatic heterocycles. The first-order valence-electron chi connectivity index (χ1n) is 7.26. The molecule has 1 heterocycles. The van der Waals surface area contributed by atoms with Crippen molar-refractivity contribution in [2.45, 2.75) is 6.42 Å². The maximum absolute atomic E-state index is 12.0. The van der Waals surface area contributed by atoms with E-state index in [9.17, 15) is 14.9 Å². The molecule has 0 spiro atoms. The molecular weight excluding hydrogens is 314 g/mol. The molecule has 2 aromatic rings. The summed E-state index contributed by atoms with van der Waals surface area (Å²) in [6.45, 7) is 0.264. The zero-order valence-corrected chi connectivity index (χ0v) is 13.7. The summed E-state index contributed by atoms with van der Waals surface area (Å²) in [5.41, 5.74) is 0.919. The molecule has 0 radical (unpaired) electrons. The van der Waals surface area contributed by atoms with Crippen molar-refractivity contribution >= 4 is 11.6 Å². The predicted molar refractivity (Wildman–Crippen MR) is 87.7 cm³/mol. The molecule has 0 bridgehead atoms. The number of aromatic nitrogens is 1. The van der Waals surface area contributed by atoms with E-state index in [0.717, 1.165) is 0 Å². The third-order valence-electron chi connectivity index (χ3n) is 3.64. The number of amides is 1. The molecule has 128 valence electrons. The fourth-order valence-electron chi connectivity index (χ4n) is 2.38. The van der Waals surface area contributed by atoms with E-state index in [4.69, 9.17) is 9.47 Å². The summed E-state index contributed by atoms with van der Waals surface area (Å²) in [7, 11) is 4.65. The van der Waals surface area contributed by atoms with Crippen LogP contribution in [0.25, 0.3) is 0 Å². The van der Waals surface area contributed by atoms with Gasteiger partial charge in [-0.15, -0.1) is 0 Å². The Bertz CT molecular complexity index is 754. The van der Waals surface area contributed by atoms with Gasteiger partial charge in [-0.3, -0.25) is 14.9 Å². The molecule has 0 aliphatic rings. The summed E-state index contributed by atoms with van der Waals surface area (Å²) in [5, 5.41) is 14.0. The molecule has 0 saturated carbocycles. The average molecular weight is 333 g/mol. The van der Waals surface area contributed by atoms with Gasteiger partial charge in [0.1, 0.15) is 5.69 Å². The Morgan fingerprint density at radius 3 is 2.50 bits per heavy atom. The highest BCUT2D eigenvalue weighted by atomic mass is 16.6. The number of nitro benzene ring substituents is 1. The van der Waals surface area contributed by atoms with Gasteiger partial charge >= 0.3 is 0 Å².